The van der Waals surface area contributed by atoms with Crippen LogP contribution in [0.4, 0.5) is 5.82 Å². The first-order valence-corrected chi connectivity index (χ1v) is 11.6. The minimum atomic E-state index is -1.05. The fraction of sp³-hybridized carbons (Fsp3) is 0.143. The molecule has 2 aromatic heterocycles. The first kappa shape index (κ1) is 20.5. The minimum absolute atomic E-state index is 0.171. The number of aromatic hydroxyl groups is 1. The maximum Gasteiger partial charge on any atom is 0.172 e. The molecule has 4 rings (SSSR count). The minimum Gasteiger partial charge on any atom is -0.507 e. The molecule has 0 aliphatic heterocycles. The molecule has 0 radical (unpaired) electrons. The van der Waals surface area contributed by atoms with Gasteiger partial charge in [0, 0.05) is 31.0 Å². The molecule has 154 valence electrons. The van der Waals surface area contributed by atoms with Crippen LogP contribution in [-0.2, 0) is 24.1 Å². The van der Waals surface area contributed by atoms with Gasteiger partial charge in [-0.15, -0.1) is 0 Å². The summed E-state index contributed by atoms with van der Waals surface area (Å²) in [6, 6.07) is 17.0. The summed E-state index contributed by atoms with van der Waals surface area (Å²) in [5.41, 5.74) is 4.09. The number of para-hydroxylation sites is 1. The monoisotopic (exact) mass is 485 g/mol. The predicted octanol–water partition coefficient (Wildman–Crippen LogP) is 3.86. The number of benzene rings is 2. The van der Waals surface area contributed by atoms with Crippen molar-refractivity contribution in [2.24, 2.45) is 0 Å². The van der Waals surface area contributed by atoms with E-state index in [0.717, 1.165) is 21.4 Å². The molecule has 3 N–H and O–H groups in total. The molecular weight excluding hydrogens is 466 g/mol. The summed E-state index contributed by atoms with van der Waals surface area (Å²) in [5.74, 6) is 0.923. The van der Waals surface area contributed by atoms with Crippen molar-refractivity contribution in [3.8, 4) is 17.0 Å². The molecule has 2 aromatic carbocycles. The zero-order valence-corrected chi connectivity index (χ0v) is 18.6. The molecule has 0 spiro atoms. The third-order valence-corrected chi connectivity index (χ3v) is 5.66. The van der Waals surface area contributed by atoms with E-state index in [4.69, 9.17) is 0 Å². The highest BCUT2D eigenvalue weighted by Gasteiger charge is 2.13. The van der Waals surface area contributed by atoms with Crippen LogP contribution in [0, 0.1) is 0 Å². The van der Waals surface area contributed by atoms with E-state index >= 15 is 0 Å². The highest BCUT2D eigenvalue weighted by Crippen LogP contribution is 2.31. The second kappa shape index (κ2) is 8.95. The van der Waals surface area contributed by atoms with Gasteiger partial charge in [0.25, 0.3) is 0 Å². The lowest BCUT2D eigenvalue weighted by Crippen LogP contribution is -2.15. The Morgan fingerprint density at radius 3 is 2.63 bits per heavy atom. The first-order valence-electron chi connectivity index (χ1n) is 9.22. The van der Waals surface area contributed by atoms with Crippen LogP contribution in [0.1, 0.15) is 11.1 Å². The third-order valence-electron chi connectivity index (χ3n) is 4.55. The largest absolute Gasteiger partial charge is 0.507 e. The normalized spacial score (nSPS) is 12.2. The predicted molar refractivity (Wildman–Crippen MR) is 122 cm³/mol. The molecule has 2 heterocycles. The number of hydrogen-bond acceptors (Lipinski definition) is 5. The van der Waals surface area contributed by atoms with Crippen LogP contribution in [0.5, 0.6) is 5.75 Å². The van der Waals surface area contributed by atoms with E-state index in [-0.39, 0.29) is 5.75 Å². The van der Waals surface area contributed by atoms with E-state index in [1.807, 2.05) is 36.4 Å². The van der Waals surface area contributed by atoms with E-state index < -0.39 is 11.0 Å². The maximum absolute atomic E-state index is 11.3. The summed E-state index contributed by atoms with van der Waals surface area (Å²) in [6.07, 6.45) is 3.31. The molecule has 9 heteroatoms. The number of aromatic nitrogens is 3. The number of halogens is 1. The van der Waals surface area contributed by atoms with Gasteiger partial charge in [-0.2, -0.15) is 9.61 Å². The molecule has 0 amide bonds. The van der Waals surface area contributed by atoms with Crippen molar-refractivity contribution in [2.75, 3.05) is 11.6 Å². The Labute approximate surface area is 184 Å². The van der Waals surface area contributed by atoms with Gasteiger partial charge < -0.3 is 10.4 Å². The second-order valence-corrected chi connectivity index (χ2v) is 8.77. The number of phenols is 1. The quantitative estimate of drug-likeness (QED) is 0.369. The van der Waals surface area contributed by atoms with E-state index in [9.17, 15) is 9.32 Å². The van der Waals surface area contributed by atoms with Crippen molar-refractivity contribution < 1.29 is 9.32 Å². The summed E-state index contributed by atoms with van der Waals surface area (Å²) in [4.78, 5) is 4.65. The number of hydrogen-bond donors (Lipinski definition) is 3. The topological polar surface area (TPSA) is 91.5 Å². The number of rotatable bonds is 7. The number of nitrogens with one attached hydrogen (secondary N) is 2. The van der Waals surface area contributed by atoms with Gasteiger partial charge in [0.1, 0.15) is 11.6 Å². The van der Waals surface area contributed by atoms with E-state index in [1.54, 1.807) is 29.1 Å². The molecular formula is C21H20BrN5O2S. The Bertz CT molecular complexity index is 1230. The Hall–Kier alpha value is -2.75. The average molecular weight is 486 g/mol. The van der Waals surface area contributed by atoms with Crippen LogP contribution in [0.3, 0.4) is 0 Å². The Balaban J connectivity index is 1.64. The highest BCUT2D eigenvalue weighted by atomic mass is 79.9. The van der Waals surface area contributed by atoms with Crippen LogP contribution in [0.2, 0.25) is 0 Å². The number of nitrogens with zero attached hydrogens (tertiary/aromatic N) is 3. The molecule has 0 aliphatic carbocycles. The zero-order chi connectivity index (χ0) is 21.1. The van der Waals surface area contributed by atoms with Gasteiger partial charge in [-0.3, -0.25) is 0 Å². The van der Waals surface area contributed by atoms with Crippen molar-refractivity contribution in [1.82, 2.24) is 19.3 Å². The van der Waals surface area contributed by atoms with Gasteiger partial charge in [-0.25, -0.2) is 13.9 Å². The standard InChI is InChI=1S/C21H20BrN5O2S/c1-30(29)25-12-15-6-4-5-14(9-15)11-23-20-10-18(16-7-2-3-8-19(16)28)26-21-17(22)13-24-27(20)21/h2-10,13,23,25,28H,11-12H2,1H3. The molecule has 1 unspecified atom stereocenters. The van der Waals surface area contributed by atoms with Crippen molar-refractivity contribution in [3.05, 3.63) is 76.4 Å². The molecule has 4 aromatic rings. The maximum atomic E-state index is 11.3. The number of fused-ring (bicyclic) bond motifs is 1. The molecule has 0 saturated heterocycles. The van der Waals surface area contributed by atoms with Gasteiger partial charge in [0.2, 0.25) is 0 Å². The first-order chi connectivity index (χ1) is 14.5. The second-order valence-electron chi connectivity index (χ2n) is 6.72. The Morgan fingerprint density at radius 2 is 1.87 bits per heavy atom. The van der Waals surface area contributed by atoms with Crippen LogP contribution in [0.25, 0.3) is 16.9 Å². The lowest BCUT2D eigenvalue weighted by molar-refractivity contribution is 0.477. The molecule has 30 heavy (non-hydrogen) atoms. The molecule has 7 nitrogen and oxygen atoms in total. The molecule has 0 fully saturated rings. The van der Waals surface area contributed by atoms with Crippen molar-refractivity contribution in [1.29, 1.82) is 0 Å². The molecule has 0 bridgehead atoms. The van der Waals surface area contributed by atoms with E-state index in [1.165, 1.54) is 0 Å². The summed E-state index contributed by atoms with van der Waals surface area (Å²) in [5, 5.41) is 18.1. The smallest absolute Gasteiger partial charge is 0.172 e. The summed E-state index contributed by atoms with van der Waals surface area (Å²) < 4.78 is 16.7. The average Bonchev–Trinajstić information content (AvgIpc) is 3.12. The fourth-order valence-electron chi connectivity index (χ4n) is 3.12. The van der Waals surface area contributed by atoms with Crippen LogP contribution >= 0.6 is 15.9 Å². The van der Waals surface area contributed by atoms with Crippen LogP contribution < -0.4 is 10.0 Å². The van der Waals surface area contributed by atoms with Gasteiger partial charge in [0.15, 0.2) is 5.65 Å². The van der Waals surface area contributed by atoms with Gasteiger partial charge in [-0.05, 0) is 39.2 Å². The summed E-state index contributed by atoms with van der Waals surface area (Å²) in [6.45, 7) is 1.11. The van der Waals surface area contributed by atoms with Crippen LogP contribution in [-0.4, -0.2) is 30.2 Å². The SMILES string of the molecule is CS(=O)NCc1cccc(CNc2cc(-c3ccccc3O)nc3c(Br)cnn23)c1. The Kier molecular flexibility index (Phi) is 6.12. The zero-order valence-electron chi connectivity index (χ0n) is 16.2. The van der Waals surface area contributed by atoms with Crippen LogP contribution in [0.15, 0.2) is 65.3 Å². The number of anilines is 1. The lowest BCUT2D eigenvalue weighted by Gasteiger charge is -2.12. The Morgan fingerprint density at radius 1 is 1.10 bits per heavy atom. The highest BCUT2D eigenvalue weighted by molar-refractivity contribution is 9.10. The van der Waals surface area contributed by atoms with E-state index in [2.05, 4.69) is 42.1 Å². The van der Waals surface area contributed by atoms with E-state index in [0.29, 0.717) is 30.0 Å². The van der Waals surface area contributed by atoms with Crippen molar-refractivity contribution >= 4 is 38.4 Å². The summed E-state index contributed by atoms with van der Waals surface area (Å²) >= 11 is 3.49. The number of phenolic OH excluding ortho intramolecular Hbond substituents is 1. The van der Waals surface area contributed by atoms with Gasteiger partial charge in [-0.1, -0.05) is 36.4 Å². The van der Waals surface area contributed by atoms with Gasteiger partial charge >= 0.3 is 0 Å². The van der Waals surface area contributed by atoms with Crippen molar-refractivity contribution in [3.63, 3.8) is 0 Å². The fourth-order valence-corrected chi connectivity index (χ4v) is 3.84. The van der Waals surface area contributed by atoms with Crippen molar-refractivity contribution in [2.45, 2.75) is 13.1 Å². The lowest BCUT2D eigenvalue weighted by atomic mass is 10.1. The molecule has 0 saturated carbocycles. The van der Waals surface area contributed by atoms with Gasteiger partial charge in [0.05, 0.1) is 27.3 Å². The molecule has 1 atom stereocenters. The third kappa shape index (κ3) is 4.53. The summed E-state index contributed by atoms with van der Waals surface area (Å²) in [7, 11) is -1.05. The molecule has 0 aliphatic rings.